The van der Waals surface area contributed by atoms with Gasteiger partial charge < -0.3 is 29.0 Å². The summed E-state index contributed by atoms with van der Waals surface area (Å²) in [7, 11) is 3.08. The van der Waals surface area contributed by atoms with E-state index in [0.29, 0.717) is 41.4 Å². The van der Waals surface area contributed by atoms with Gasteiger partial charge in [0.2, 0.25) is 11.8 Å². The highest BCUT2D eigenvalue weighted by molar-refractivity contribution is 6.07. The number of carbonyl (C=O) groups is 3. The smallest absolute Gasteiger partial charge is 0.261 e. The third-order valence-corrected chi connectivity index (χ3v) is 6.43. The fourth-order valence-electron chi connectivity index (χ4n) is 4.60. The van der Waals surface area contributed by atoms with Gasteiger partial charge in [-0.15, -0.1) is 0 Å². The van der Waals surface area contributed by atoms with Gasteiger partial charge in [0.25, 0.3) is 5.91 Å². The molecule has 2 aliphatic heterocycles. The highest BCUT2D eigenvalue weighted by Gasteiger charge is 2.36. The lowest BCUT2D eigenvalue weighted by molar-refractivity contribution is -0.122. The number of nitrogens with one attached hydrogen (secondary N) is 1. The standard InChI is InChI=1S/C26H25N3O6/c1-33-22-6-4-20(13-23(22)34-2)29-14-18(12-24(29)30)25(31)27-19-3-5-21-16(11-19)7-9-28(21)26(32)17-8-10-35-15-17/h3-6,8,10-11,13,15,18H,7,9,12,14H2,1-2H3,(H,27,31). The maximum absolute atomic E-state index is 13.0. The van der Waals surface area contributed by atoms with Gasteiger partial charge in [0.05, 0.1) is 32.0 Å². The number of benzene rings is 2. The van der Waals surface area contributed by atoms with E-state index >= 15 is 0 Å². The Bertz CT molecular complexity index is 1290. The lowest BCUT2D eigenvalue weighted by Gasteiger charge is -2.19. The summed E-state index contributed by atoms with van der Waals surface area (Å²) in [4.78, 5) is 41.7. The van der Waals surface area contributed by atoms with Crippen molar-refractivity contribution in [3.63, 3.8) is 0 Å². The molecule has 3 amide bonds. The number of amides is 3. The van der Waals surface area contributed by atoms with Gasteiger partial charge in [-0.1, -0.05) is 0 Å². The van der Waals surface area contributed by atoms with Crippen molar-refractivity contribution in [1.29, 1.82) is 0 Å². The Morgan fingerprint density at radius 2 is 1.89 bits per heavy atom. The fourth-order valence-corrected chi connectivity index (χ4v) is 4.60. The average molecular weight is 476 g/mol. The van der Waals surface area contributed by atoms with Gasteiger partial charge in [-0.2, -0.15) is 0 Å². The van der Waals surface area contributed by atoms with Crippen molar-refractivity contribution in [2.24, 2.45) is 5.92 Å². The molecule has 35 heavy (non-hydrogen) atoms. The number of fused-ring (bicyclic) bond motifs is 1. The van der Waals surface area contributed by atoms with E-state index in [9.17, 15) is 14.4 Å². The molecule has 3 aromatic rings. The van der Waals surface area contributed by atoms with E-state index in [2.05, 4.69) is 5.32 Å². The zero-order valence-corrected chi connectivity index (χ0v) is 19.4. The molecule has 1 fully saturated rings. The van der Waals surface area contributed by atoms with Crippen molar-refractivity contribution < 1.29 is 28.3 Å². The van der Waals surface area contributed by atoms with Crippen LogP contribution in [0, 0.1) is 5.92 Å². The number of furan rings is 1. The SMILES string of the molecule is COc1ccc(N2CC(C(=O)Nc3ccc4c(c3)CCN4C(=O)c3ccoc3)CC2=O)cc1OC. The van der Waals surface area contributed by atoms with Gasteiger partial charge >= 0.3 is 0 Å². The topological polar surface area (TPSA) is 101 Å². The third kappa shape index (κ3) is 4.21. The monoisotopic (exact) mass is 475 g/mol. The quantitative estimate of drug-likeness (QED) is 0.586. The summed E-state index contributed by atoms with van der Waals surface area (Å²) in [6, 6.07) is 12.4. The highest BCUT2D eigenvalue weighted by atomic mass is 16.5. The first-order valence-electron chi connectivity index (χ1n) is 11.3. The van der Waals surface area contributed by atoms with Crippen LogP contribution in [-0.2, 0) is 16.0 Å². The fraction of sp³-hybridized carbons (Fsp3) is 0.269. The zero-order chi connectivity index (χ0) is 24.5. The molecule has 9 nitrogen and oxygen atoms in total. The number of hydrogen-bond donors (Lipinski definition) is 1. The first-order chi connectivity index (χ1) is 17.0. The Hall–Kier alpha value is -4.27. The largest absolute Gasteiger partial charge is 0.493 e. The van der Waals surface area contributed by atoms with Gasteiger partial charge in [-0.3, -0.25) is 14.4 Å². The van der Waals surface area contributed by atoms with Gasteiger partial charge in [-0.25, -0.2) is 0 Å². The molecular formula is C26H25N3O6. The minimum atomic E-state index is -0.483. The molecule has 0 spiro atoms. The van der Waals surface area contributed by atoms with Crippen LogP contribution in [0.1, 0.15) is 22.3 Å². The van der Waals surface area contributed by atoms with Crippen molar-refractivity contribution in [3.8, 4) is 11.5 Å². The Morgan fingerprint density at radius 3 is 2.63 bits per heavy atom. The molecule has 1 unspecified atom stereocenters. The number of nitrogens with zero attached hydrogens (tertiary/aromatic N) is 2. The minimum absolute atomic E-state index is 0.117. The predicted molar refractivity (Wildman–Crippen MR) is 129 cm³/mol. The van der Waals surface area contributed by atoms with Crippen molar-refractivity contribution >= 4 is 34.8 Å². The van der Waals surface area contributed by atoms with E-state index in [1.165, 1.54) is 19.6 Å². The highest BCUT2D eigenvalue weighted by Crippen LogP contribution is 2.35. The van der Waals surface area contributed by atoms with Gasteiger partial charge in [0.1, 0.15) is 6.26 Å². The van der Waals surface area contributed by atoms with Crippen LogP contribution in [0.5, 0.6) is 11.5 Å². The summed E-state index contributed by atoms with van der Waals surface area (Å²) >= 11 is 0. The van der Waals surface area contributed by atoms with Crippen molar-refractivity contribution in [2.45, 2.75) is 12.8 Å². The Morgan fingerprint density at radius 1 is 1.06 bits per heavy atom. The van der Waals surface area contributed by atoms with Crippen LogP contribution in [0.3, 0.4) is 0 Å². The van der Waals surface area contributed by atoms with Crippen LogP contribution >= 0.6 is 0 Å². The Balaban J connectivity index is 1.26. The molecule has 1 aromatic heterocycles. The van der Waals surface area contributed by atoms with Crippen LogP contribution in [0.4, 0.5) is 17.1 Å². The normalized spacial score (nSPS) is 16.9. The molecule has 1 atom stereocenters. The second-order valence-electron chi connectivity index (χ2n) is 8.50. The molecule has 5 rings (SSSR count). The molecule has 180 valence electrons. The molecule has 9 heteroatoms. The van der Waals surface area contributed by atoms with Gasteiger partial charge in [0, 0.05) is 42.6 Å². The number of ether oxygens (including phenoxy) is 2. The van der Waals surface area contributed by atoms with Crippen LogP contribution < -0.4 is 24.6 Å². The van der Waals surface area contributed by atoms with E-state index < -0.39 is 5.92 Å². The van der Waals surface area contributed by atoms with Crippen molar-refractivity contribution in [2.75, 3.05) is 42.4 Å². The lowest BCUT2D eigenvalue weighted by Crippen LogP contribution is -2.28. The van der Waals surface area contributed by atoms with E-state index in [0.717, 1.165) is 11.3 Å². The average Bonchev–Trinajstić information content (AvgIpc) is 3.63. The lowest BCUT2D eigenvalue weighted by atomic mass is 10.1. The Kier molecular flexibility index (Phi) is 5.90. The van der Waals surface area contributed by atoms with E-state index in [-0.39, 0.29) is 30.7 Å². The second-order valence-corrected chi connectivity index (χ2v) is 8.50. The summed E-state index contributed by atoms with van der Waals surface area (Å²) in [5, 5.41) is 2.94. The van der Waals surface area contributed by atoms with E-state index in [1.807, 2.05) is 12.1 Å². The zero-order valence-electron chi connectivity index (χ0n) is 19.4. The summed E-state index contributed by atoms with van der Waals surface area (Å²) in [5.41, 5.74) is 3.60. The molecule has 1 saturated heterocycles. The summed E-state index contributed by atoms with van der Waals surface area (Å²) in [6.45, 7) is 0.840. The maximum Gasteiger partial charge on any atom is 0.261 e. The third-order valence-electron chi connectivity index (χ3n) is 6.43. The van der Waals surface area contributed by atoms with E-state index in [1.54, 1.807) is 47.2 Å². The number of anilines is 3. The number of hydrogen-bond acceptors (Lipinski definition) is 6. The van der Waals surface area contributed by atoms with Crippen LogP contribution in [-0.4, -0.2) is 45.0 Å². The molecule has 3 heterocycles. The van der Waals surface area contributed by atoms with Gasteiger partial charge in [0.15, 0.2) is 11.5 Å². The Labute approximate surface area is 202 Å². The molecule has 1 N–H and O–H groups in total. The first-order valence-corrected chi connectivity index (χ1v) is 11.3. The first kappa shape index (κ1) is 22.5. The van der Waals surface area contributed by atoms with Gasteiger partial charge in [-0.05, 0) is 48.4 Å². The summed E-state index contributed by atoms with van der Waals surface area (Å²) in [5.74, 6) is 0.144. The molecule has 2 aliphatic rings. The molecule has 0 aliphatic carbocycles. The van der Waals surface area contributed by atoms with Crippen LogP contribution in [0.2, 0.25) is 0 Å². The number of carbonyl (C=O) groups excluding carboxylic acids is 3. The van der Waals surface area contributed by atoms with Crippen molar-refractivity contribution in [1.82, 2.24) is 0 Å². The molecule has 2 aromatic carbocycles. The number of methoxy groups -OCH3 is 2. The molecule has 0 bridgehead atoms. The number of rotatable bonds is 6. The molecule has 0 radical (unpaired) electrons. The second kappa shape index (κ2) is 9.17. The molecular weight excluding hydrogens is 450 g/mol. The maximum atomic E-state index is 13.0. The summed E-state index contributed by atoms with van der Waals surface area (Å²) in [6.07, 6.45) is 3.72. The predicted octanol–water partition coefficient (Wildman–Crippen LogP) is 3.49. The molecule has 0 saturated carbocycles. The van der Waals surface area contributed by atoms with Crippen LogP contribution in [0.25, 0.3) is 0 Å². The minimum Gasteiger partial charge on any atom is -0.493 e. The summed E-state index contributed by atoms with van der Waals surface area (Å²) < 4.78 is 15.6. The van der Waals surface area contributed by atoms with Crippen LogP contribution in [0.15, 0.2) is 59.4 Å². The van der Waals surface area contributed by atoms with E-state index in [4.69, 9.17) is 13.9 Å². The van der Waals surface area contributed by atoms with Crippen molar-refractivity contribution in [3.05, 3.63) is 66.1 Å².